The Hall–Kier alpha value is -0.440. The van der Waals surface area contributed by atoms with Crippen molar-refractivity contribution in [1.29, 1.82) is 0 Å². The second-order valence-corrected chi connectivity index (χ2v) is 3.76. The molecule has 0 radical (unpaired) electrons. The van der Waals surface area contributed by atoms with Gasteiger partial charge in [0.05, 0.1) is 0 Å². The molecule has 0 aromatic carbocycles. The van der Waals surface area contributed by atoms with Crippen molar-refractivity contribution in [2.24, 2.45) is 5.92 Å². The summed E-state index contributed by atoms with van der Waals surface area (Å²) in [5.74, 6) is 7.46. The van der Waals surface area contributed by atoms with Crippen LogP contribution in [0.25, 0.3) is 0 Å². The smallest absolute Gasteiger partial charge is 0.0202 e. The van der Waals surface area contributed by atoms with Gasteiger partial charge in [-0.3, -0.25) is 0 Å². The lowest BCUT2D eigenvalue weighted by molar-refractivity contribution is 0.705. The summed E-state index contributed by atoms with van der Waals surface area (Å²) in [5, 5.41) is 0. The Balaban J connectivity index is 2.02. The Kier molecular flexibility index (Phi) is 4.92. The van der Waals surface area contributed by atoms with Gasteiger partial charge in [-0.15, -0.1) is 5.92 Å². The van der Waals surface area contributed by atoms with Gasteiger partial charge in [-0.05, 0) is 19.3 Å². The normalized spacial score (nSPS) is 17.4. The molecule has 0 aromatic heterocycles. The molecule has 0 heterocycles. The fraction of sp³-hybridized carbons (Fsp3) is 0.833. The molecular formula is C12H20. The summed E-state index contributed by atoms with van der Waals surface area (Å²) in [6, 6.07) is 0. The van der Waals surface area contributed by atoms with Crippen LogP contribution in [0.2, 0.25) is 0 Å². The van der Waals surface area contributed by atoms with Crippen LogP contribution in [0, 0.1) is 17.8 Å². The van der Waals surface area contributed by atoms with Gasteiger partial charge in [-0.2, -0.15) is 0 Å². The monoisotopic (exact) mass is 164 g/mol. The molecule has 0 bridgehead atoms. The second-order valence-electron chi connectivity index (χ2n) is 3.76. The lowest BCUT2D eigenvalue weighted by Crippen LogP contribution is -1.85. The minimum absolute atomic E-state index is 0.756. The Labute approximate surface area is 76.7 Å². The molecule has 0 N–H and O–H groups in total. The molecule has 1 aliphatic rings. The average Bonchev–Trinajstić information content (AvgIpc) is 2.57. The molecule has 0 spiro atoms. The molecule has 0 aromatic rings. The van der Waals surface area contributed by atoms with Gasteiger partial charge in [0, 0.05) is 12.3 Å². The van der Waals surface area contributed by atoms with Crippen LogP contribution in [-0.2, 0) is 0 Å². The zero-order valence-electron chi connectivity index (χ0n) is 8.23. The van der Waals surface area contributed by atoms with Crippen LogP contribution in [0.1, 0.15) is 58.3 Å². The van der Waals surface area contributed by atoms with Crippen molar-refractivity contribution in [2.45, 2.75) is 58.3 Å². The Morgan fingerprint density at radius 3 is 2.58 bits per heavy atom. The van der Waals surface area contributed by atoms with E-state index in [-0.39, 0.29) is 0 Å². The van der Waals surface area contributed by atoms with E-state index in [2.05, 4.69) is 18.8 Å². The largest absolute Gasteiger partial charge is 0.103 e. The van der Waals surface area contributed by atoms with E-state index in [0.717, 1.165) is 12.3 Å². The summed E-state index contributed by atoms with van der Waals surface area (Å²) in [7, 11) is 0. The van der Waals surface area contributed by atoms with Crippen LogP contribution < -0.4 is 0 Å². The van der Waals surface area contributed by atoms with Crippen molar-refractivity contribution in [2.75, 3.05) is 0 Å². The number of hydrogen-bond donors (Lipinski definition) is 0. The van der Waals surface area contributed by atoms with Gasteiger partial charge < -0.3 is 0 Å². The summed E-state index contributed by atoms with van der Waals surface area (Å²) < 4.78 is 0. The van der Waals surface area contributed by atoms with Crippen LogP contribution in [0.5, 0.6) is 0 Å². The van der Waals surface area contributed by atoms with E-state index in [1.54, 1.807) is 0 Å². The molecule has 0 atom stereocenters. The van der Waals surface area contributed by atoms with E-state index < -0.39 is 0 Å². The lowest BCUT2D eigenvalue weighted by atomic mass is 10.1. The van der Waals surface area contributed by atoms with Crippen LogP contribution in [0.4, 0.5) is 0 Å². The van der Waals surface area contributed by atoms with E-state index in [9.17, 15) is 0 Å². The minimum atomic E-state index is 0.756. The van der Waals surface area contributed by atoms with Gasteiger partial charge in [-0.25, -0.2) is 0 Å². The Morgan fingerprint density at radius 1 is 1.17 bits per heavy atom. The number of rotatable bonds is 3. The standard InChI is InChI=1S/C12H20/c1-2-3-4-5-6-9-12-10-7-8-11-12/h12H,2-5,7-8,10-11H2,1H3. The minimum Gasteiger partial charge on any atom is -0.103 e. The predicted octanol–water partition coefficient (Wildman–Crippen LogP) is 3.76. The maximum Gasteiger partial charge on any atom is 0.0202 e. The molecule has 0 unspecified atom stereocenters. The molecule has 12 heavy (non-hydrogen) atoms. The maximum atomic E-state index is 3.39. The lowest BCUT2D eigenvalue weighted by Gasteiger charge is -1.95. The van der Waals surface area contributed by atoms with Gasteiger partial charge in [0.1, 0.15) is 0 Å². The SMILES string of the molecule is CCCCCC#CC1CCCC1. The Bertz CT molecular complexity index is 153. The van der Waals surface area contributed by atoms with Gasteiger partial charge in [0.15, 0.2) is 0 Å². The van der Waals surface area contributed by atoms with Gasteiger partial charge in [-0.1, -0.05) is 38.5 Å². The highest BCUT2D eigenvalue weighted by Gasteiger charge is 2.10. The highest BCUT2D eigenvalue weighted by atomic mass is 14.1. The number of unbranched alkanes of at least 4 members (excludes halogenated alkanes) is 3. The summed E-state index contributed by atoms with van der Waals surface area (Å²) in [6.07, 6.45) is 10.6. The van der Waals surface area contributed by atoms with Gasteiger partial charge in [0.2, 0.25) is 0 Å². The average molecular weight is 164 g/mol. The van der Waals surface area contributed by atoms with E-state index in [1.165, 1.54) is 44.9 Å². The molecule has 0 nitrogen and oxygen atoms in total. The molecular weight excluding hydrogens is 144 g/mol. The van der Waals surface area contributed by atoms with Crippen LogP contribution in [0.3, 0.4) is 0 Å². The van der Waals surface area contributed by atoms with Gasteiger partial charge in [0.25, 0.3) is 0 Å². The summed E-state index contributed by atoms with van der Waals surface area (Å²) in [6.45, 7) is 2.24. The van der Waals surface area contributed by atoms with Crippen molar-refractivity contribution in [3.8, 4) is 11.8 Å². The molecule has 1 rings (SSSR count). The van der Waals surface area contributed by atoms with Crippen LogP contribution >= 0.6 is 0 Å². The molecule has 0 aliphatic heterocycles. The van der Waals surface area contributed by atoms with E-state index in [1.807, 2.05) is 0 Å². The van der Waals surface area contributed by atoms with Crippen molar-refractivity contribution >= 4 is 0 Å². The first-order valence-corrected chi connectivity index (χ1v) is 5.42. The third-order valence-electron chi connectivity index (χ3n) is 2.57. The third-order valence-corrected chi connectivity index (χ3v) is 2.57. The third kappa shape index (κ3) is 3.81. The summed E-state index contributed by atoms with van der Waals surface area (Å²) in [5.41, 5.74) is 0. The number of hydrogen-bond acceptors (Lipinski definition) is 0. The van der Waals surface area contributed by atoms with Crippen molar-refractivity contribution in [3.05, 3.63) is 0 Å². The van der Waals surface area contributed by atoms with E-state index in [4.69, 9.17) is 0 Å². The van der Waals surface area contributed by atoms with Crippen molar-refractivity contribution in [3.63, 3.8) is 0 Å². The fourth-order valence-electron chi connectivity index (χ4n) is 1.75. The molecule has 1 fully saturated rings. The molecule has 1 aliphatic carbocycles. The Morgan fingerprint density at radius 2 is 1.92 bits per heavy atom. The summed E-state index contributed by atoms with van der Waals surface area (Å²) in [4.78, 5) is 0. The molecule has 0 amide bonds. The molecule has 1 saturated carbocycles. The first-order chi connectivity index (χ1) is 5.93. The second kappa shape index (κ2) is 6.12. The zero-order valence-corrected chi connectivity index (χ0v) is 8.23. The van der Waals surface area contributed by atoms with Crippen LogP contribution in [0.15, 0.2) is 0 Å². The quantitative estimate of drug-likeness (QED) is 0.440. The molecule has 0 heteroatoms. The first kappa shape index (κ1) is 9.65. The summed E-state index contributed by atoms with van der Waals surface area (Å²) >= 11 is 0. The predicted molar refractivity (Wildman–Crippen MR) is 53.9 cm³/mol. The molecule has 0 saturated heterocycles. The highest BCUT2D eigenvalue weighted by Crippen LogP contribution is 2.23. The maximum absolute atomic E-state index is 3.39. The fourth-order valence-corrected chi connectivity index (χ4v) is 1.75. The molecule has 68 valence electrons. The van der Waals surface area contributed by atoms with Crippen molar-refractivity contribution < 1.29 is 0 Å². The van der Waals surface area contributed by atoms with E-state index in [0.29, 0.717) is 0 Å². The topological polar surface area (TPSA) is 0 Å². The van der Waals surface area contributed by atoms with Gasteiger partial charge >= 0.3 is 0 Å². The van der Waals surface area contributed by atoms with Crippen LogP contribution in [-0.4, -0.2) is 0 Å². The van der Waals surface area contributed by atoms with Crippen molar-refractivity contribution in [1.82, 2.24) is 0 Å². The zero-order chi connectivity index (χ0) is 8.65. The highest BCUT2D eigenvalue weighted by molar-refractivity contribution is 5.04. The first-order valence-electron chi connectivity index (χ1n) is 5.42. The van der Waals surface area contributed by atoms with E-state index >= 15 is 0 Å².